The maximum atomic E-state index is 14.3. The van der Waals surface area contributed by atoms with E-state index in [9.17, 15) is 9.18 Å². The summed E-state index contributed by atoms with van der Waals surface area (Å²) in [6, 6.07) is 12.6. The molecule has 0 fully saturated rings. The molecule has 0 unspecified atom stereocenters. The van der Waals surface area contributed by atoms with Gasteiger partial charge in [-0.25, -0.2) is 9.18 Å². The number of esters is 1. The highest BCUT2D eigenvalue weighted by molar-refractivity contribution is 5.89. The lowest BCUT2D eigenvalue weighted by Gasteiger charge is -2.37. The lowest BCUT2D eigenvalue weighted by atomic mass is 9.77. The van der Waals surface area contributed by atoms with Crippen molar-refractivity contribution < 1.29 is 13.9 Å². The van der Waals surface area contributed by atoms with Crippen molar-refractivity contribution in [3.8, 4) is 0 Å². The average Bonchev–Trinajstić information content (AvgIpc) is 3.11. The van der Waals surface area contributed by atoms with Crippen LogP contribution in [-0.4, -0.2) is 13.1 Å². The molecule has 0 amide bonds. The molecule has 1 N–H and O–H groups in total. The molecular formula is C20H18FNO2. The second kappa shape index (κ2) is 5.78. The number of hydrogen-bond donors (Lipinski definition) is 1. The van der Waals surface area contributed by atoms with Gasteiger partial charge >= 0.3 is 5.97 Å². The zero-order valence-electron chi connectivity index (χ0n) is 13.3. The molecule has 0 saturated carbocycles. The van der Waals surface area contributed by atoms with E-state index in [0.717, 1.165) is 17.5 Å². The van der Waals surface area contributed by atoms with Crippen LogP contribution in [0.5, 0.6) is 0 Å². The third-order valence-electron chi connectivity index (χ3n) is 5.04. The lowest BCUT2D eigenvalue weighted by molar-refractivity contribution is 0.0600. The van der Waals surface area contributed by atoms with Crippen molar-refractivity contribution in [3.05, 3.63) is 77.1 Å². The highest BCUT2D eigenvalue weighted by Gasteiger charge is 2.38. The second-order valence-corrected chi connectivity index (χ2v) is 6.29. The minimum absolute atomic E-state index is 0.0149. The van der Waals surface area contributed by atoms with Crippen LogP contribution in [0.25, 0.3) is 0 Å². The molecule has 0 saturated heterocycles. The summed E-state index contributed by atoms with van der Waals surface area (Å²) in [7, 11) is 1.37. The molecule has 0 aromatic heterocycles. The van der Waals surface area contributed by atoms with Gasteiger partial charge in [-0.1, -0.05) is 36.4 Å². The first kappa shape index (κ1) is 14.9. The minimum Gasteiger partial charge on any atom is -0.465 e. The van der Waals surface area contributed by atoms with E-state index in [1.165, 1.54) is 13.2 Å². The number of carbonyl (C=O) groups excluding carboxylic acids is 1. The van der Waals surface area contributed by atoms with E-state index < -0.39 is 0 Å². The molecule has 122 valence electrons. The fourth-order valence-electron chi connectivity index (χ4n) is 3.86. The van der Waals surface area contributed by atoms with E-state index in [1.807, 2.05) is 18.2 Å². The average molecular weight is 323 g/mol. The quantitative estimate of drug-likeness (QED) is 0.656. The minimum atomic E-state index is -0.352. The maximum Gasteiger partial charge on any atom is 0.337 e. The lowest BCUT2D eigenvalue weighted by Crippen LogP contribution is -2.29. The van der Waals surface area contributed by atoms with Crippen LogP contribution in [0.2, 0.25) is 0 Å². The number of carbonyl (C=O) groups is 1. The fourth-order valence-corrected chi connectivity index (χ4v) is 3.86. The van der Waals surface area contributed by atoms with Gasteiger partial charge in [0.15, 0.2) is 0 Å². The van der Waals surface area contributed by atoms with Gasteiger partial charge in [0.2, 0.25) is 0 Å². The first-order chi connectivity index (χ1) is 11.7. The number of benzene rings is 2. The van der Waals surface area contributed by atoms with Gasteiger partial charge < -0.3 is 10.1 Å². The highest BCUT2D eigenvalue weighted by atomic mass is 19.1. The number of fused-ring (bicyclic) bond motifs is 3. The van der Waals surface area contributed by atoms with E-state index in [-0.39, 0.29) is 23.7 Å². The Labute approximate surface area is 140 Å². The summed E-state index contributed by atoms with van der Waals surface area (Å²) >= 11 is 0. The monoisotopic (exact) mass is 323 g/mol. The summed E-state index contributed by atoms with van der Waals surface area (Å²) in [5, 5.41) is 3.38. The standard InChI is InChI=1S/C20H18FNO2/c1-24-20(23)13-10-8-12(9-11-13)18-15-5-2-4-14(15)16-6-3-7-17(21)19(16)22-18/h2-4,6-11,14-15,18,22H,5H2,1H3/t14-,15-,18+/m1/s1. The summed E-state index contributed by atoms with van der Waals surface area (Å²) in [6.45, 7) is 0. The van der Waals surface area contributed by atoms with Crippen LogP contribution in [0.4, 0.5) is 10.1 Å². The first-order valence-corrected chi connectivity index (χ1v) is 8.09. The molecule has 4 rings (SSSR count). The molecule has 0 bridgehead atoms. The zero-order valence-corrected chi connectivity index (χ0v) is 13.3. The number of para-hydroxylation sites is 1. The van der Waals surface area contributed by atoms with Crippen molar-refractivity contribution in [2.24, 2.45) is 5.92 Å². The molecule has 2 aromatic carbocycles. The smallest absolute Gasteiger partial charge is 0.337 e. The molecule has 1 aliphatic carbocycles. The Morgan fingerprint density at radius 1 is 1.21 bits per heavy atom. The van der Waals surface area contributed by atoms with Crippen LogP contribution in [0, 0.1) is 11.7 Å². The van der Waals surface area contributed by atoms with Gasteiger partial charge in [0, 0.05) is 5.92 Å². The number of anilines is 1. The molecular weight excluding hydrogens is 305 g/mol. The molecule has 1 aliphatic heterocycles. The molecule has 0 radical (unpaired) electrons. The Morgan fingerprint density at radius 2 is 2.00 bits per heavy atom. The summed E-state index contributed by atoms with van der Waals surface area (Å²) in [5.74, 6) is 0.00268. The topological polar surface area (TPSA) is 38.3 Å². The molecule has 0 spiro atoms. The van der Waals surface area contributed by atoms with Gasteiger partial charge in [0.25, 0.3) is 0 Å². The molecule has 24 heavy (non-hydrogen) atoms. The van der Waals surface area contributed by atoms with Crippen molar-refractivity contribution in [2.75, 3.05) is 12.4 Å². The summed E-state index contributed by atoms with van der Waals surface area (Å²) < 4.78 is 19.0. The highest BCUT2D eigenvalue weighted by Crippen LogP contribution is 2.50. The zero-order chi connectivity index (χ0) is 16.7. The van der Waals surface area contributed by atoms with E-state index in [2.05, 4.69) is 17.5 Å². The number of allylic oxidation sites excluding steroid dienone is 2. The molecule has 3 atom stereocenters. The van der Waals surface area contributed by atoms with Gasteiger partial charge in [-0.05, 0) is 41.7 Å². The normalized spacial score (nSPS) is 24.0. The second-order valence-electron chi connectivity index (χ2n) is 6.29. The third-order valence-corrected chi connectivity index (χ3v) is 5.04. The van der Waals surface area contributed by atoms with Crippen LogP contribution in [0.15, 0.2) is 54.6 Å². The van der Waals surface area contributed by atoms with Gasteiger partial charge in [0.05, 0.1) is 24.4 Å². The molecule has 1 heterocycles. The summed E-state index contributed by atoms with van der Waals surface area (Å²) in [5.41, 5.74) is 3.18. The van der Waals surface area contributed by atoms with Crippen LogP contribution >= 0.6 is 0 Å². The van der Waals surface area contributed by atoms with Gasteiger partial charge in [-0.15, -0.1) is 0 Å². The molecule has 4 heteroatoms. The van der Waals surface area contributed by atoms with Crippen molar-refractivity contribution >= 4 is 11.7 Å². The van der Waals surface area contributed by atoms with Crippen LogP contribution < -0.4 is 5.32 Å². The number of nitrogens with one attached hydrogen (secondary N) is 1. The third kappa shape index (κ3) is 2.30. The predicted octanol–water partition coefficient (Wildman–Crippen LogP) is 4.44. The molecule has 2 aliphatic rings. The van der Waals surface area contributed by atoms with E-state index in [0.29, 0.717) is 17.2 Å². The van der Waals surface area contributed by atoms with Gasteiger partial charge in [-0.2, -0.15) is 0 Å². The van der Waals surface area contributed by atoms with Crippen molar-refractivity contribution in [3.63, 3.8) is 0 Å². The number of hydrogen-bond acceptors (Lipinski definition) is 3. The summed E-state index contributed by atoms with van der Waals surface area (Å²) in [4.78, 5) is 11.6. The van der Waals surface area contributed by atoms with E-state index >= 15 is 0 Å². The first-order valence-electron chi connectivity index (χ1n) is 8.09. The van der Waals surface area contributed by atoms with Crippen molar-refractivity contribution in [1.82, 2.24) is 0 Å². The Balaban J connectivity index is 1.71. The number of rotatable bonds is 2. The van der Waals surface area contributed by atoms with Crippen LogP contribution in [0.3, 0.4) is 0 Å². The Hall–Kier alpha value is -2.62. The van der Waals surface area contributed by atoms with Crippen LogP contribution in [-0.2, 0) is 4.74 Å². The van der Waals surface area contributed by atoms with Crippen molar-refractivity contribution in [1.29, 1.82) is 0 Å². The Kier molecular flexibility index (Phi) is 3.60. The Bertz CT molecular complexity index is 813. The summed E-state index contributed by atoms with van der Waals surface area (Å²) in [6.07, 6.45) is 5.31. The number of ether oxygens (including phenoxy) is 1. The van der Waals surface area contributed by atoms with E-state index in [4.69, 9.17) is 4.74 Å². The fraction of sp³-hybridized carbons (Fsp3) is 0.250. The van der Waals surface area contributed by atoms with Crippen molar-refractivity contribution in [2.45, 2.75) is 18.4 Å². The molecule has 2 aromatic rings. The van der Waals surface area contributed by atoms with Gasteiger partial charge in [0.1, 0.15) is 5.82 Å². The number of halogens is 1. The largest absolute Gasteiger partial charge is 0.465 e. The Morgan fingerprint density at radius 3 is 2.75 bits per heavy atom. The maximum absolute atomic E-state index is 14.3. The van der Waals surface area contributed by atoms with Crippen LogP contribution in [0.1, 0.15) is 39.9 Å². The molecule has 3 nitrogen and oxygen atoms in total. The predicted molar refractivity (Wildman–Crippen MR) is 90.5 cm³/mol. The van der Waals surface area contributed by atoms with Gasteiger partial charge in [-0.3, -0.25) is 0 Å². The SMILES string of the molecule is COC(=O)c1ccc([C@@H]2Nc3c(F)cccc3[C@@H]3C=CC[C@H]32)cc1. The van der Waals surface area contributed by atoms with E-state index in [1.54, 1.807) is 18.2 Å². The number of methoxy groups -OCH3 is 1.